The second-order valence-electron chi connectivity index (χ2n) is 8.87. The van der Waals surface area contributed by atoms with Crippen molar-refractivity contribution >= 4 is 33.2 Å². The number of rotatable bonds is 9. The van der Waals surface area contributed by atoms with Crippen molar-refractivity contribution in [1.82, 2.24) is 15.3 Å². The van der Waals surface area contributed by atoms with Crippen molar-refractivity contribution in [3.05, 3.63) is 100 Å². The van der Waals surface area contributed by atoms with Crippen molar-refractivity contribution in [2.45, 2.75) is 18.8 Å². The molecule has 1 aliphatic heterocycles. The molecule has 3 aromatic carbocycles. The van der Waals surface area contributed by atoms with Crippen LogP contribution in [0.3, 0.4) is 0 Å². The number of hydrogen-bond acceptors (Lipinski definition) is 6. The molecule has 0 radical (unpaired) electrons. The molecule has 1 aliphatic rings. The van der Waals surface area contributed by atoms with Crippen LogP contribution in [0.1, 0.15) is 27.0 Å². The minimum atomic E-state index is -3.52. The quantitative estimate of drug-likeness (QED) is 0.289. The summed E-state index contributed by atoms with van der Waals surface area (Å²) in [6, 6.07) is 21.5. The molecule has 0 aromatic heterocycles. The molecule has 190 valence electrons. The molecule has 10 heteroatoms. The number of carbonyl (C=O) groups is 1. The molecule has 0 aliphatic carbocycles. The number of sulfonamides is 1. The predicted molar refractivity (Wildman–Crippen MR) is 140 cm³/mol. The van der Waals surface area contributed by atoms with Crippen LogP contribution in [0.4, 0.5) is 5.69 Å². The van der Waals surface area contributed by atoms with Gasteiger partial charge in [-0.3, -0.25) is 24.5 Å². The fourth-order valence-electron chi connectivity index (χ4n) is 4.14. The first-order valence-corrected chi connectivity index (χ1v) is 13.6. The van der Waals surface area contributed by atoms with E-state index in [1.54, 1.807) is 54.0 Å². The van der Waals surface area contributed by atoms with Gasteiger partial charge in [0.05, 0.1) is 5.75 Å². The highest BCUT2D eigenvalue weighted by Crippen LogP contribution is 2.18. The number of nitrogens with one attached hydrogen (secondary N) is 2. The van der Waals surface area contributed by atoms with Crippen molar-refractivity contribution < 1.29 is 18.4 Å². The van der Waals surface area contributed by atoms with E-state index in [2.05, 4.69) is 14.5 Å². The van der Waals surface area contributed by atoms with Gasteiger partial charge in [0.25, 0.3) is 5.91 Å². The number of hydroxylamine groups is 1. The molecule has 0 bridgehead atoms. The fraction of sp³-hybridized carbons (Fsp3) is 0.269. The number of benzene rings is 3. The Bertz CT molecular complexity index is 1260. The summed E-state index contributed by atoms with van der Waals surface area (Å²) < 4.78 is 27.6. The van der Waals surface area contributed by atoms with Crippen molar-refractivity contribution in [1.29, 1.82) is 0 Å². The van der Waals surface area contributed by atoms with Gasteiger partial charge in [0.1, 0.15) is 0 Å². The monoisotopic (exact) mass is 528 g/mol. The smallest absolute Gasteiger partial charge is 0.274 e. The van der Waals surface area contributed by atoms with Crippen LogP contribution in [-0.2, 0) is 28.9 Å². The van der Waals surface area contributed by atoms with E-state index < -0.39 is 15.9 Å². The zero-order chi connectivity index (χ0) is 25.5. The third-order valence-corrected chi connectivity index (χ3v) is 7.60. The number of carbonyl (C=O) groups excluding carboxylic acids is 1. The Morgan fingerprint density at radius 1 is 0.778 bits per heavy atom. The Morgan fingerprint density at radius 2 is 1.25 bits per heavy atom. The van der Waals surface area contributed by atoms with E-state index in [9.17, 15) is 13.2 Å². The summed E-state index contributed by atoms with van der Waals surface area (Å²) >= 11 is 5.87. The van der Waals surface area contributed by atoms with Crippen molar-refractivity contribution in [3.8, 4) is 0 Å². The molecule has 3 N–H and O–H groups in total. The molecule has 8 nitrogen and oxygen atoms in total. The lowest BCUT2D eigenvalue weighted by molar-refractivity contribution is 0.0706. The Kier molecular flexibility index (Phi) is 8.60. The third-order valence-electron chi connectivity index (χ3n) is 6.09. The van der Waals surface area contributed by atoms with Gasteiger partial charge >= 0.3 is 0 Å². The maximum Gasteiger partial charge on any atom is 0.274 e. The summed E-state index contributed by atoms with van der Waals surface area (Å²) in [5, 5.41) is 9.29. The summed E-state index contributed by atoms with van der Waals surface area (Å²) in [4.78, 5) is 16.2. The van der Waals surface area contributed by atoms with Gasteiger partial charge in [0, 0.05) is 55.5 Å². The Balaban J connectivity index is 1.23. The van der Waals surface area contributed by atoms with E-state index >= 15 is 0 Å². The molecule has 3 aromatic rings. The first-order valence-electron chi connectivity index (χ1n) is 11.6. The van der Waals surface area contributed by atoms with Crippen molar-refractivity contribution in [2.75, 3.05) is 30.9 Å². The van der Waals surface area contributed by atoms with Crippen molar-refractivity contribution in [3.63, 3.8) is 0 Å². The van der Waals surface area contributed by atoms with Gasteiger partial charge in [-0.1, -0.05) is 48.0 Å². The molecule has 36 heavy (non-hydrogen) atoms. The van der Waals surface area contributed by atoms with E-state index in [-0.39, 0.29) is 5.75 Å². The van der Waals surface area contributed by atoms with Crippen LogP contribution in [0.15, 0.2) is 72.8 Å². The largest absolute Gasteiger partial charge is 0.297 e. The summed E-state index contributed by atoms with van der Waals surface area (Å²) in [5.41, 5.74) is 5.52. The number of nitrogens with zero attached hydrogens (tertiary/aromatic N) is 2. The van der Waals surface area contributed by atoms with E-state index in [1.807, 2.05) is 24.3 Å². The Labute approximate surface area is 216 Å². The van der Waals surface area contributed by atoms with Crippen LogP contribution in [0.2, 0.25) is 5.02 Å². The minimum absolute atomic E-state index is 0.113. The highest BCUT2D eigenvalue weighted by molar-refractivity contribution is 7.91. The van der Waals surface area contributed by atoms with Crippen LogP contribution < -0.4 is 10.2 Å². The minimum Gasteiger partial charge on any atom is -0.297 e. The summed E-state index contributed by atoms with van der Waals surface area (Å²) in [7, 11) is -3.52. The molecule has 4 rings (SSSR count). The van der Waals surface area contributed by atoms with Gasteiger partial charge in [-0.25, -0.2) is 13.9 Å². The van der Waals surface area contributed by atoms with E-state index in [4.69, 9.17) is 16.8 Å². The Morgan fingerprint density at radius 3 is 1.75 bits per heavy atom. The average molecular weight is 529 g/mol. The number of hydrogen-bond donors (Lipinski definition) is 3. The summed E-state index contributed by atoms with van der Waals surface area (Å²) in [6.07, 6.45) is 0. The van der Waals surface area contributed by atoms with Gasteiger partial charge < -0.3 is 0 Å². The van der Waals surface area contributed by atoms with Crippen LogP contribution in [0, 0.1) is 0 Å². The first kappa shape index (κ1) is 26.1. The second-order valence-corrected chi connectivity index (χ2v) is 11.0. The normalized spacial score (nSPS) is 14.9. The summed E-state index contributed by atoms with van der Waals surface area (Å²) in [6.45, 7) is 5.33. The Hall–Kier alpha value is -2.95. The molecule has 0 atom stereocenters. The lowest BCUT2D eigenvalue weighted by Crippen LogP contribution is -2.45. The molecule has 1 heterocycles. The third kappa shape index (κ3) is 7.52. The van der Waals surface area contributed by atoms with E-state index in [0.717, 1.165) is 50.4 Å². The van der Waals surface area contributed by atoms with E-state index in [1.165, 1.54) is 0 Å². The lowest BCUT2D eigenvalue weighted by atomic mass is 10.1. The van der Waals surface area contributed by atoms with Crippen LogP contribution in [0.5, 0.6) is 0 Å². The van der Waals surface area contributed by atoms with Crippen LogP contribution >= 0.6 is 11.6 Å². The van der Waals surface area contributed by atoms with Crippen molar-refractivity contribution in [2.24, 2.45) is 0 Å². The number of piperazine rings is 1. The molecule has 0 spiro atoms. The maximum absolute atomic E-state index is 12.5. The molecular weight excluding hydrogens is 500 g/mol. The SMILES string of the molecule is O=C(NO)c1ccc(CN2CCN(Cc3ccc(NS(=O)(=O)Cc4ccc(Cl)cc4)cc3)CC2)cc1. The molecular formula is C26H29ClN4O4S. The summed E-state index contributed by atoms with van der Waals surface area (Å²) in [5.74, 6) is -0.628. The molecule has 0 saturated carbocycles. The molecule has 1 fully saturated rings. The average Bonchev–Trinajstić information content (AvgIpc) is 2.87. The fourth-order valence-corrected chi connectivity index (χ4v) is 5.47. The van der Waals surface area contributed by atoms with Gasteiger partial charge in [0.15, 0.2) is 0 Å². The number of halogens is 1. The number of anilines is 1. The zero-order valence-corrected chi connectivity index (χ0v) is 21.3. The number of amides is 1. The zero-order valence-electron chi connectivity index (χ0n) is 19.7. The highest BCUT2D eigenvalue weighted by Gasteiger charge is 2.18. The standard InChI is InChI=1S/C26H29ClN4O4S/c27-24-9-3-22(4-10-24)19-36(34,35)29-25-11-5-21(6-12-25)18-31-15-13-30(14-16-31)17-20-1-7-23(8-2-20)26(32)28-33/h1-12,29,33H,13-19H2,(H,28,32). The van der Waals surface area contributed by atoms with Gasteiger partial charge in [0.2, 0.25) is 10.0 Å². The first-order chi connectivity index (χ1) is 17.3. The second kappa shape index (κ2) is 11.9. The van der Waals surface area contributed by atoms with Crippen LogP contribution in [-0.4, -0.2) is 55.5 Å². The lowest BCUT2D eigenvalue weighted by Gasteiger charge is -2.34. The predicted octanol–water partition coefficient (Wildman–Crippen LogP) is 3.72. The van der Waals surface area contributed by atoms with Crippen LogP contribution in [0.25, 0.3) is 0 Å². The van der Waals surface area contributed by atoms with Gasteiger partial charge in [-0.2, -0.15) is 0 Å². The highest BCUT2D eigenvalue weighted by atomic mass is 35.5. The van der Waals surface area contributed by atoms with Gasteiger partial charge in [-0.15, -0.1) is 0 Å². The topological polar surface area (TPSA) is 102 Å². The molecule has 0 unspecified atom stereocenters. The van der Waals surface area contributed by atoms with E-state index in [0.29, 0.717) is 21.8 Å². The maximum atomic E-state index is 12.5. The van der Waals surface area contributed by atoms with Gasteiger partial charge in [-0.05, 0) is 53.1 Å². The molecule has 1 amide bonds. The molecule has 1 saturated heterocycles.